The van der Waals surface area contributed by atoms with E-state index in [1.807, 2.05) is 6.92 Å². The van der Waals surface area contributed by atoms with Crippen LogP contribution in [0, 0.1) is 12.7 Å². The number of hydrogen-bond donors (Lipinski definition) is 1. The Balaban J connectivity index is 2.16. The van der Waals surface area contributed by atoms with Crippen LogP contribution in [0.15, 0.2) is 24.3 Å². The van der Waals surface area contributed by atoms with Crippen molar-refractivity contribution in [1.82, 2.24) is 4.98 Å². The Morgan fingerprint density at radius 3 is 2.72 bits per heavy atom. The molecule has 0 saturated heterocycles. The molecule has 0 atom stereocenters. The maximum Gasteiger partial charge on any atom is 0.183 e. The quantitative estimate of drug-likeness (QED) is 0.843. The van der Waals surface area contributed by atoms with Gasteiger partial charge in [0.25, 0.3) is 0 Å². The number of rotatable bonds is 5. The third kappa shape index (κ3) is 3.05. The van der Waals surface area contributed by atoms with Gasteiger partial charge in [-0.25, -0.2) is 9.37 Å². The zero-order valence-electron chi connectivity index (χ0n) is 10.4. The number of nitrogens with zero attached hydrogens (tertiary/aromatic N) is 1. The van der Waals surface area contributed by atoms with Crippen molar-refractivity contribution in [1.29, 1.82) is 0 Å². The molecule has 96 valence electrons. The first-order valence-electron chi connectivity index (χ1n) is 5.67. The molecular formula is C13H15FN2OS. The highest BCUT2D eigenvalue weighted by molar-refractivity contribution is 7.19. The molecule has 2 rings (SSSR count). The van der Waals surface area contributed by atoms with Gasteiger partial charge in [-0.15, -0.1) is 0 Å². The van der Waals surface area contributed by atoms with Gasteiger partial charge in [-0.05, 0) is 24.6 Å². The molecule has 1 aromatic heterocycles. The number of anilines is 1. The van der Waals surface area contributed by atoms with Crippen LogP contribution in [-0.4, -0.2) is 25.2 Å². The maximum atomic E-state index is 12.9. The highest BCUT2D eigenvalue weighted by Crippen LogP contribution is 2.32. The minimum absolute atomic E-state index is 0.223. The summed E-state index contributed by atoms with van der Waals surface area (Å²) in [6.07, 6.45) is 0. The van der Waals surface area contributed by atoms with Gasteiger partial charge in [0.15, 0.2) is 5.13 Å². The second kappa shape index (κ2) is 5.93. The second-order valence-corrected chi connectivity index (χ2v) is 4.86. The summed E-state index contributed by atoms with van der Waals surface area (Å²) >= 11 is 1.57. The van der Waals surface area contributed by atoms with Gasteiger partial charge >= 0.3 is 0 Å². The predicted molar refractivity (Wildman–Crippen MR) is 72.6 cm³/mol. The molecule has 0 spiro atoms. The molecule has 1 N–H and O–H groups in total. The van der Waals surface area contributed by atoms with Crippen LogP contribution in [0.5, 0.6) is 0 Å². The Bertz CT molecular complexity index is 510. The lowest BCUT2D eigenvalue weighted by Gasteiger charge is -1.99. The topological polar surface area (TPSA) is 34.1 Å². The zero-order chi connectivity index (χ0) is 13.0. The van der Waals surface area contributed by atoms with Crippen LogP contribution in [-0.2, 0) is 4.74 Å². The third-order valence-electron chi connectivity index (χ3n) is 2.49. The number of aromatic nitrogens is 1. The summed E-state index contributed by atoms with van der Waals surface area (Å²) in [5.74, 6) is -0.223. The van der Waals surface area contributed by atoms with Gasteiger partial charge in [-0.2, -0.15) is 0 Å². The van der Waals surface area contributed by atoms with Crippen LogP contribution in [0.1, 0.15) is 5.69 Å². The molecule has 0 radical (unpaired) electrons. The number of aryl methyl sites for hydroxylation is 1. The van der Waals surface area contributed by atoms with Gasteiger partial charge in [-0.3, -0.25) is 0 Å². The maximum absolute atomic E-state index is 12.9. The molecule has 1 aromatic carbocycles. The Kier molecular flexibility index (Phi) is 4.28. The molecule has 18 heavy (non-hydrogen) atoms. The number of thiazole rings is 1. The molecule has 0 aliphatic carbocycles. The van der Waals surface area contributed by atoms with Crippen molar-refractivity contribution in [3.63, 3.8) is 0 Å². The highest BCUT2D eigenvalue weighted by Gasteiger charge is 2.09. The van der Waals surface area contributed by atoms with Crippen LogP contribution in [0.3, 0.4) is 0 Å². The number of methoxy groups -OCH3 is 1. The summed E-state index contributed by atoms with van der Waals surface area (Å²) in [6.45, 7) is 3.33. The molecule has 0 aliphatic rings. The molecule has 0 amide bonds. The smallest absolute Gasteiger partial charge is 0.183 e. The van der Waals surface area contributed by atoms with Crippen molar-refractivity contribution in [2.75, 3.05) is 25.6 Å². The number of nitrogens with one attached hydrogen (secondary N) is 1. The highest BCUT2D eigenvalue weighted by atomic mass is 32.1. The van der Waals surface area contributed by atoms with E-state index in [1.165, 1.54) is 12.1 Å². The molecule has 5 heteroatoms. The number of ether oxygens (including phenoxy) is 1. The molecule has 0 aliphatic heterocycles. The fraction of sp³-hybridized carbons (Fsp3) is 0.308. The van der Waals surface area contributed by atoms with E-state index in [4.69, 9.17) is 4.74 Å². The second-order valence-electron chi connectivity index (χ2n) is 3.86. The van der Waals surface area contributed by atoms with E-state index < -0.39 is 0 Å². The summed E-state index contributed by atoms with van der Waals surface area (Å²) in [7, 11) is 1.67. The van der Waals surface area contributed by atoms with Crippen LogP contribution in [0.25, 0.3) is 10.4 Å². The van der Waals surface area contributed by atoms with Crippen LogP contribution >= 0.6 is 11.3 Å². The Morgan fingerprint density at radius 2 is 2.06 bits per heavy atom. The minimum Gasteiger partial charge on any atom is -0.383 e. The van der Waals surface area contributed by atoms with E-state index in [0.717, 1.165) is 27.8 Å². The Labute approximate surface area is 110 Å². The van der Waals surface area contributed by atoms with Crippen molar-refractivity contribution in [2.45, 2.75) is 6.92 Å². The van der Waals surface area contributed by atoms with Crippen LogP contribution in [0.2, 0.25) is 0 Å². The summed E-state index contributed by atoms with van der Waals surface area (Å²) < 4.78 is 17.8. The van der Waals surface area contributed by atoms with Gasteiger partial charge in [0.1, 0.15) is 5.82 Å². The lowest BCUT2D eigenvalue weighted by atomic mass is 10.1. The predicted octanol–water partition coefficient (Wildman–Crippen LogP) is 3.32. The lowest BCUT2D eigenvalue weighted by molar-refractivity contribution is 0.211. The van der Waals surface area contributed by atoms with E-state index in [2.05, 4.69) is 10.3 Å². The number of hydrogen-bond acceptors (Lipinski definition) is 4. The molecule has 0 saturated carbocycles. The SMILES string of the molecule is COCCNc1nc(C)c(-c2ccc(F)cc2)s1. The summed E-state index contributed by atoms with van der Waals surface area (Å²) in [5, 5.41) is 4.06. The zero-order valence-corrected chi connectivity index (χ0v) is 11.2. The monoisotopic (exact) mass is 266 g/mol. The van der Waals surface area contributed by atoms with Gasteiger partial charge in [0.05, 0.1) is 17.2 Å². The first-order chi connectivity index (χ1) is 8.70. The van der Waals surface area contributed by atoms with E-state index in [1.54, 1.807) is 30.6 Å². The van der Waals surface area contributed by atoms with Crippen molar-refractivity contribution in [3.8, 4) is 10.4 Å². The summed E-state index contributed by atoms with van der Waals surface area (Å²) in [6, 6.07) is 6.47. The largest absolute Gasteiger partial charge is 0.383 e. The average molecular weight is 266 g/mol. The van der Waals surface area contributed by atoms with Crippen LogP contribution < -0.4 is 5.32 Å². The molecule has 0 bridgehead atoms. The van der Waals surface area contributed by atoms with Crippen LogP contribution in [0.4, 0.5) is 9.52 Å². The first kappa shape index (κ1) is 13.0. The molecule has 1 heterocycles. The van der Waals surface area contributed by atoms with Crippen molar-refractivity contribution in [2.24, 2.45) is 0 Å². The number of benzene rings is 1. The first-order valence-corrected chi connectivity index (χ1v) is 6.48. The van der Waals surface area contributed by atoms with Gasteiger partial charge in [0, 0.05) is 13.7 Å². The summed E-state index contributed by atoms with van der Waals surface area (Å²) in [4.78, 5) is 5.50. The molecular weight excluding hydrogens is 251 g/mol. The van der Waals surface area contributed by atoms with Crippen molar-refractivity contribution >= 4 is 16.5 Å². The van der Waals surface area contributed by atoms with E-state index in [-0.39, 0.29) is 5.82 Å². The summed E-state index contributed by atoms with van der Waals surface area (Å²) in [5.41, 5.74) is 1.94. The fourth-order valence-corrected chi connectivity index (χ4v) is 2.60. The average Bonchev–Trinajstić information content (AvgIpc) is 2.72. The minimum atomic E-state index is -0.223. The number of halogens is 1. The molecule has 2 aromatic rings. The fourth-order valence-electron chi connectivity index (χ4n) is 1.60. The van der Waals surface area contributed by atoms with E-state index >= 15 is 0 Å². The van der Waals surface area contributed by atoms with Crippen molar-refractivity contribution in [3.05, 3.63) is 35.8 Å². The Hall–Kier alpha value is -1.46. The Morgan fingerprint density at radius 1 is 1.33 bits per heavy atom. The van der Waals surface area contributed by atoms with Gasteiger partial charge in [0.2, 0.25) is 0 Å². The molecule has 0 fully saturated rings. The lowest BCUT2D eigenvalue weighted by Crippen LogP contribution is -2.06. The van der Waals surface area contributed by atoms with Gasteiger partial charge < -0.3 is 10.1 Å². The standard InChI is InChI=1S/C13H15FN2OS/c1-9-12(10-3-5-11(14)6-4-10)18-13(16-9)15-7-8-17-2/h3-6H,7-8H2,1-2H3,(H,15,16). The van der Waals surface area contributed by atoms with E-state index in [9.17, 15) is 4.39 Å². The normalized spacial score (nSPS) is 10.6. The van der Waals surface area contributed by atoms with Gasteiger partial charge in [-0.1, -0.05) is 23.5 Å². The molecule has 3 nitrogen and oxygen atoms in total. The van der Waals surface area contributed by atoms with E-state index in [0.29, 0.717) is 6.61 Å². The third-order valence-corrected chi connectivity index (χ3v) is 3.65. The van der Waals surface area contributed by atoms with Crippen molar-refractivity contribution < 1.29 is 9.13 Å². The molecule has 0 unspecified atom stereocenters.